The first kappa shape index (κ1) is 13.1. The van der Waals surface area contributed by atoms with E-state index in [1.165, 1.54) is 6.07 Å². The summed E-state index contributed by atoms with van der Waals surface area (Å²) in [5.74, 6) is -0.0128. The number of amides is 1. The molecule has 0 bridgehead atoms. The maximum absolute atomic E-state index is 12.6. The van der Waals surface area contributed by atoms with Gasteiger partial charge in [0, 0.05) is 30.5 Å². The van der Waals surface area contributed by atoms with Crippen LogP contribution in [-0.4, -0.2) is 30.1 Å². The second-order valence-corrected chi connectivity index (χ2v) is 5.39. The van der Waals surface area contributed by atoms with Crippen molar-refractivity contribution in [3.63, 3.8) is 0 Å². The van der Waals surface area contributed by atoms with Gasteiger partial charge in [0.05, 0.1) is 17.4 Å². The van der Waals surface area contributed by atoms with Crippen molar-refractivity contribution in [3.05, 3.63) is 33.9 Å². The standard InChI is InChI=1S/C14H16N2O4/c1-9-6-11-7-12(16(18)19)2-3-13(11)15(9)14(17)10-4-5-20-8-10/h2-3,7,9-10H,4-6,8H2,1H3. The largest absolute Gasteiger partial charge is 0.381 e. The van der Waals surface area contributed by atoms with Gasteiger partial charge in [0.25, 0.3) is 5.69 Å². The highest BCUT2D eigenvalue weighted by molar-refractivity contribution is 5.98. The Hall–Kier alpha value is -1.95. The van der Waals surface area contributed by atoms with Crippen LogP contribution in [0.15, 0.2) is 18.2 Å². The first-order valence-electron chi connectivity index (χ1n) is 6.76. The number of fused-ring (bicyclic) bond motifs is 1. The summed E-state index contributed by atoms with van der Waals surface area (Å²) < 4.78 is 5.27. The highest BCUT2D eigenvalue weighted by Gasteiger charge is 2.36. The van der Waals surface area contributed by atoms with Gasteiger partial charge in [-0.1, -0.05) is 0 Å². The zero-order chi connectivity index (χ0) is 14.3. The third-order valence-electron chi connectivity index (χ3n) is 4.01. The molecule has 0 aromatic heterocycles. The number of non-ortho nitro benzene ring substituents is 1. The molecule has 0 aliphatic carbocycles. The molecule has 1 saturated heterocycles. The molecule has 106 valence electrons. The Kier molecular flexibility index (Phi) is 3.17. The maximum atomic E-state index is 12.6. The average Bonchev–Trinajstić information content (AvgIpc) is 3.03. The lowest BCUT2D eigenvalue weighted by Gasteiger charge is -2.25. The van der Waals surface area contributed by atoms with Gasteiger partial charge in [-0.05, 0) is 31.4 Å². The Morgan fingerprint density at radius 3 is 2.95 bits per heavy atom. The van der Waals surface area contributed by atoms with Crippen molar-refractivity contribution in [2.45, 2.75) is 25.8 Å². The normalized spacial score (nSPS) is 24.8. The van der Waals surface area contributed by atoms with Crippen molar-refractivity contribution < 1.29 is 14.5 Å². The Morgan fingerprint density at radius 2 is 2.30 bits per heavy atom. The lowest BCUT2D eigenvalue weighted by Crippen LogP contribution is -2.40. The molecule has 1 fully saturated rings. The lowest BCUT2D eigenvalue weighted by molar-refractivity contribution is -0.384. The summed E-state index contributed by atoms with van der Waals surface area (Å²) in [6.07, 6.45) is 1.42. The first-order chi connectivity index (χ1) is 9.58. The van der Waals surface area contributed by atoms with E-state index in [0.717, 1.165) is 17.7 Å². The van der Waals surface area contributed by atoms with E-state index in [1.54, 1.807) is 17.0 Å². The van der Waals surface area contributed by atoms with Crippen molar-refractivity contribution in [2.75, 3.05) is 18.1 Å². The minimum atomic E-state index is -0.403. The number of nitrogens with zero attached hydrogens (tertiary/aromatic N) is 2. The summed E-state index contributed by atoms with van der Waals surface area (Å²) in [7, 11) is 0. The third kappa shape index (κ3) is 2.06. The van der Waals surface area contributed by atoms with E-state index in [-0.39, 0.29) is 23.6 Å². The third-order valence-corrected chi connectivity index (χ3v) is 4.01. The van der Waals surface area contributed by atoms with Gasteiger partial charge < -0.3 is 9.64 Å². The fourth-order valence-corrected chi connectivity index (χ4v) is 2.99. The van der Waals surface area contributed by atoms with E-state index in [1.807, 2.05) is 6.92 Å². The molecule has 2 aliphatic heterocycles. The van der Waals surface area contributed by atoms with Crippen LogP contribution >= 0.6 is 0 Å². The molecule has 20 heavy (non-hydrogen) atoms. The molecule has 0 spiro atoms. The highest BCUT2D eigenvalue weighted by Crippen LogP contribution is 2.36. The summed E-state index contributed by atoms with van der Waals surface area (Å²) in [5.41, 5.74) is 1.76. The molecule has 2 atom stereocenters. The predicted octanol–water partition coefficient (Wildman–Crippen LogP) is 1.91. The van der Waals surface area contributed by atoms with Gasteiger partial charge in [-0.25, -0.2) is 0 Å². The van der Waals surface area contributed by atoms with Gasteiger partial charge in [0.1, 0.15) is 0 Å². The van der Waals surface area contributed by atoms with E-state index < -0.39 is 4.92 Å². The number of ether oxygens (including phenoxy) is 1. The number of rotatable bonds is 2. The molecule has 0 radical (unpaired) electrons. The Bertz CT molecular complexity index is 566. The smallest absolute Gasteiger partial charge is 0.269 e. The van der Waals surface area contributed by atoms with E-state index >= 15 is 0 Å². The first-order valence-corrected chi connectivity index (χ1v) is 6.76. The number of benzene rings is 1. The fourth-order valence-electron chi connectivity index (χ4n) is 2.99. The number of hydrogen-bond acceptors (Lipinski definition) is 4. The SMILES string of the molecule is CC1Cc2cc([N+](=O)[O-])ccc2N1C(=O)C1CCOC1. The van der Waals surface area contributed by atoms with Crippen LogP contribution in [0.5, 0.6) is 0 Å². The molecular formula is C14H16N2O4. The van der Waals surface area contributed by atoms with Crippen LogP contribution in [0, 0.1) is 16.0 Å². The maximum Gasteiger partial charge on any atom is 0.269 e. The number of nitro benzene ring substituents is 1. The fraction of sp³-hybridized carbons (Fsp3) is 0.500. The summed E-state index contributed by atoms with van der Waals surface area (Å²) in [6, 6.07) is 4.76. The molecular weight excluding hydrogens is 260 g/mol. The van der Waals surface area contributed by atoms with Crippen LogP contribution in [0.25, 0.3) is 0 Å². The van der Waals surface area contributed by atoms with E-state index in [9.17, 15) is 14.9 Å². The average molecular weight is 276 g/mol. The van der Waals surface area contributed by atoms with Gasteiger partial charge in [0.15, 0.2) is 0 Å². The quantitative estimate of drug-likeness (QED) is 0.611. The minimum absolute atomic E-state index is 0.0418. The zero-order valence-corrected chi connectivity index (χ0v) is 11.2. The van der Waals surface area contributed by atoms with E-state index in [2.05, 4.69) is 0 Å². The number of nitro groups is 1. The van der Waals surface area contributed by atoms with E-state index in [0.29, 0.717) is 19.6 Å². The molecule has 1 amide bonds. The molecule has 1 aromatic rings. The Morgan fingerprint density at radius 1 is 1.50 bits per heavy atom. The molecule has 6 nitrogen and oxygen atoms in total. The molecule has 0 N–H and O–H groups in total. The van der Waals surface area contributed by atoms with Crippen LogP contribution in [0.4, 0.5) is 11.4 Å². The molecule has 0 saturated carbocycles. The van der Waals surface area contributed by atoms with Crippen LogP contribution < -0.4 is 4.90 Å². The predicted molar refractivity (Wildman–Crippen MR) is 72.7 cm³/mol. The van der Waals surface area contributed by atoms with Crippen molar-refractivity contribution in [3.8, 4) is 0 Å². The highest BCUT2D eigenvalue weighted by atomic mass is 16.6. The zero-order valence-electron chi connectivity index (χ0n) is 11.2. The molecule has 6 heteroatoms. The Labute approximate surface area is 116 Å². The Balaban J connectivity index is 1.91. The summed E-state index contributed by atoms with van der Waals surface area (Å²) in [6.45, 7) is 3.08. The second kappa shape index (κ2) is 4.86. The number of anilines is 1. The number of hydrogen-bond donors (Lipinski definition) is 0. The van der Waals surface area contributed by atoms with Crippen molar-refractivity contribution in [1.82, 2.24) is 0 Å². The summed E-state index contributed by atoms with van der Waals surface area (Å²) in [5, 5.41) is 10.8. The van der Waals surface area contributed by atoms with Crippen molar-refractivity contribution in [2.24, 2.45) is 5.92 Å². The van der Waals surface area contributed by atoms with Crippen molar-refractivity contribution >= 4 is 17.3 Å². The second-order valence-electron chi connectivity index (χ2n) is 5.39. The van der Waals surface area contributed by atoms with Gasteiger partial charge in [-0.15, -0.1) is 0 Å². The molecule has 3 rings (SSSR count). The summed E-state index contributed by atoms with van der Waals surface area (Å²) >= 11 is 0. The van der Waals surface area contributed by atoms with Crippen LogP contribution in [0.3, 0.4) is 0 Å². The van der Waals surface area contributed by atoms with Crippen LogP contribution in [0.2, 0.25) is 0 Å². The van der Waals surface area contributed by atoms with Gasteiger partial charge in [-0.2, -0.15) is 0 Å². The minimum Gasteiger partial charge on any atom is -0.381 e. The van der Waals surface area contributed by atoms with Crippen LogP contribution in [0.1, 0.15) is 18.9 Å². The van der Waals surface area contributed by atoms with Gasteiger partial charge in [0.2, 0.25) is 5.91 Å². The molecule has 1 aromatic carbocycles. The molecule has 2 aliphatic rings. The topological polar surface area (TPSA) is 72.7 Å². The van der Waals surface area contributed by atoms with Gasteiger partial charge in [-0.3, -0.25) is 14.9 Å². The monoisotopic (exact) mass is 276 g/mol. The number of carbonyl (C=O) groups excluding carboxylic acids is 1. The number of carbonyl (C=O) groups is 1. The van der Waals surface area contributed by atoms with Crippen molar-refractivity contribution in [1.29, 1.82) is 0 Å². The van der Waals surface area contributed by atoms with E-state index in [4.69, 9.17) is 4.74 Å². The summed E-state index contributed by atoms with van der Waals surface area (Å²) in [4.78, 5) is 24.7. The molecule has 2 unspecified atom stereocenters. The van der Waals surface area contributed by atoms with Crippen LogP contribution in [-0.2, 0) is 16.0 Å². The molecule has 2 heterocycles. The van der Waals surface area contributed by atoms with Gasteiger partial charge >= 0.3 is 0 Å². The lowest BCUT2D eigenvalue weighted by atomic mass is 10.1.